The Balaban J connectivity index is 2.23. The summed E-state index contributed by atoms with van der Waals surface area (Å²) in [5.74, 6) is 0. The number of fused-ring (bicyclic) bond motifs is 1. The van der Waals surface area contributed by atoms with Crippen LogP contribution in [0.1, 0.15) is 16.7 Å². The standard InChI is InChI=1S/C17H18N2O2S2/c1-11-5-7-14(8-6-11)23(20,21)18-17-19(4)15-10-12(2)9-13(3)16(15)22-17/h5-10H,1-4H3. The molecule has 23 heavy (non-hydrogen) atoms. The summed E-state index contributed by atoms with van der Waals surface area (Å²) in [6.07, 6.45) is 0. The lowest BCUT2D eigenvalue weighted by molar-refractivity contribution is 0.596. The van der Waals surface area contributed by atoms with Crippen molar-refractivity contribution < 1.29 is 8.42 Å². The average molecular weight is 346 g/mol. The van der Waals surface area contributed by atoms with Crippen LogP contribution >= 0.6 is 11.3 Å². The van der Waals surface area contributed by atoms with Crippen molar-refractivity contribution in [3.05, 3.63) is 57.9 Å². The highest BCUT2D eigenvalue weighted by Crippen LogP contribution is 2.23. The summed E-state index contributed by atoms with van der Waals surface area (Å²) in [6.45, 7) is 5.98. The predicted octanol–water partition coefficient (Wildman–Crippen LogP) is 3.45. The van der Waals surface area contributed by atoms with Crippen molar-refractivity contribution in [3.8, 4) is 0 Å². The van der Waals surface area contributed by atoms with Gasteiger partial charge in [0.2, 0.25) is 4.80 Å². The van der Waals surface area contributed by atoms with E-state index < -0.39 is 10.0 Å². The van der Waals surface area contributed by atoms with Crippen LogP contribution < -0.4 is 4.80 Å². The maximum Gasteiger partial charge on any atom is 0.285 e. The summed E-state index contributed by atoms with van der Waals surface area (Å²) in [6, 6.07) is 10.9. The normalized spacial score (nSPS) is 13.0. The average Bonchev–Trinajstić information content (AvgIpc) is 2.77. The van der Waals surface area contributed by atoms with Crippen molar-refractivity contribution in [1.29, 1.82) is 0 Å². The molecule has 0 fully saturated rings. The minimum Gasteiger partial charge on any atom is -0.319 e. The van der Waals surface area contributed by atoms with Crippen molar-refractivity contribution in [2.75, 3.05) is 0 Å². The van der Waals surface area contributed by atoms with Crippen LogP contribution in [0.3, 0.4) is 0 Å². The zero-order chi connectivity index (χ0) is 16.8. The topological polar surface area (TPSA) is 51.4 Å². The Hall–Kier alpha value is -1.92. The van der Waals surface area contributed by atoms with Crippen LogP contribution in [-0.4, -0.2) is 13.0 Å². The van der Waals surface area contributed by atoms with Gasteiger partial charge in [-0.15, -0.1) is 4.40 Å². The Morgan fingerprint density at radius 2 is 1.65 bits per heavy atom. The van der Waals surface area contributed by atoms with E-state index in [0.717, 1.165) is 26.9 Å². The van der Waals surface area contributed by atoms with Gasteiger partial charge in [0.25, 0.3) is 10.0 Å². The summed E-state index contributed by atoms with van der Waals surface area (Å²) in [4.78, 5) is 0.697. The Morgan fingerprint density at radius 3 is 2.30 bits per heavy atom. The van der Waals surface area contributed by atoms with Gasteiger partial charge < -0.3 is 4.57 Å². The van der Waals surface area contributed by atoms with E-state index in [1.807, 2.05) is 32.4 Å². The van der Waals surface area contributed by atoms with Gasteiger partial charge in [-0.1, -0.05) is 35.1 Å². The third-order valence-corrected chi connectivity index (χ3v) is 6.44. The molecule has 0 saturated carbocycles. The minimum absolute atomic E-state index is 0.216. The number of aromatic nitrogens is 1. The van der Waals surface area contributed by atoms with Gasteiger partial charge in [-0.05, 0) is 50.1 Å². The monoisotopic (exact) mass is 346 g/mol. The van der Waals surface area contributed by atoms with E-state index >= 15 is 0 Å². The van der Waals surface area contributed by atoms with E-state index in [2.05, 4.69) is 16.5 Å². The van der Waals surface area contributed by atoms with Gasteiger partial charge in [0, 0.05) is 7.05 Å². The molecular weight excluding hydrogens is 328 g/mol. The Kier molecular flexibility index (Phi) is 3.90. The number of rotatable bonds is 2. The molecule has 120 valence electrons. The van der Waals surface area contributed by atoms with Gasteiger partial charge in [0.05, 0.1) is 15.1 Å². The van der Waals surface area contributed by atoms with Crippen LogP contribution in [0.4, 0.5) is 0 Å². The summed E-state index contributed by atoms with van der Waals surface area (Å²) in [5.41, 5.74) is 4.30. The van der Waals surface area contributed by atoms with E-state index in [1.165, 1.54) is 11.3 Å². The third kappa shape index (κ3) is 2.96. The number of sulfonamides is 1. The molecule has 0 saturated heterocycles. The second-order valence-electron chi connectivity index (χ2n) is 5.75. The highest BCUT2D eigenvalue weighted by atomic mass is 32.2. The van der Waals surface area contributed by atoms with Gasteiger partial charge >= 0.3 is 0 Å². The molecule has 1 aromatic heterocycles. The van der Waals surface area contributed by atoms with Crippen LogP contribution in [0.2, 0.25) is 0 Å². The molecule has 0 N–H and O–H groups in total. The smallest absolute Gasteiger partial charge is 0.285 e. The molecule has 2 aromatic carbocycles. The van der Waals surface area contributed by atoms with Crippen LogP contribution in [0.15, 0.2) is 45.7 Å². The Labute approximate surface area is 139 Å². The lowest BCUT2D eigenvalue weighted by Crippen LogP contribution is -2.13. The van der Waals surface area contributed by atoms with Gasteiger partial charge in [0.1, 0.15) is 0 Å². The summed E-state index contributed by atoms with van der Waals surface area (Å²) < 4.78 is 32.0. The van der Waals surface area contributed by atoms with Gasteiger partial charge in [-0.2, -0.15) is 8.42 Å². The molecule has 0 aliphatic carbocycles. The molecule has 0 radical (unpaired) electrons. The third-order valence-electron chi connectivity index (χ3n) is 3.76. The van der Waals surface area contributed by atoms with Crippen molar-refractivity contribution in [1.82, 2.24) is 4.57 Å². The lowest BCUT2D eigenvalue weighted by atomic mass is 10.1. The first kappa shape index (κ1) is 16.0. The van der Waals surface area contributed by atoms with Crippen LogP contribution in [-0.2, 0) is 17.1 Å². The first-order valence-corrected chi connectivity index (χ1v) is 9.48. The molecule has 0 aliphatic heterocycles. The molecule has 3 aromatic rings. The maximum absolute atomic E-state index is 12.5. The van der Waals surface area contributed by atoms with Crippen molar-refractivity contribution in [2.24, 2.45) is 11.4 Å². The molecule has 0 bridgehead atoms. The van der Waals surface area contributed by atoms with Crippen LogP contribution in [0, 0.1) is 20.8 Å². The number of nitrogens with zero attached hydrogens (tertiary/aromatic N) is 2. The van der Waals surface area contributed by atoms with Crippen LogP contribution in [0.25, 0.3) is 10.2 Å². The van der Waals surface area contributed by atoms with E-state index in [4.69, 9.17) is 0 Å². The highest BCUT2D eigenvalue weighted by Gasteiger charge is 2.14. The Morgan fingerprint density at radius 1 is 1.00 bits per heavy atom. The number of aryl methyl sites for hydroxylation is 4. The van der Waals surface area contributed by atoms with Crippen molar-refractivity contribution in [3.63, 3.8) is 0 Å². The second-order valence-corrected chi connectivity index (χ2v) is 8.33. The largest absolute Gasteiger partial charge is 0.319 e. The number of hydrogen-bond acceptors (Lipinski definition) is 3. The van der Waals surface area contributed by atoms with Gasteiger partial charge in [-0.25, -0.2) is 0 Å². The molecule has 0 spiro atoms. The maximum atomic E-state index is 12.5. The number of benzene rings is 2. The first-order valence-electron chi connectivity index (χ1n) is 7.22. The van der Waals surface area contributed by atoms with E-state index in [1.54, 1.807) is 24.3 Å². The fraction of sp³-hybridized carbons (Fsp3) is 0.235. The predicted molar refractivity (Wildman–Crippen MR) is 94.2 cm³/mol. The SMILES string of the molecule is Cc1ccc(S(=O)(=O)N=c2sc3c(C)cc(C)cc3n2C)cc1. The molecular formula is C17H18N2O2S2. The minimum atomic E-state index is -3.71. The molecule has 0 aliphatic rings. The molecule has 0 amide bonds. The van der Waals surface area contributed by atoms with E-state index in [9.17, 15) is 8.42 Å². The number of hydrogen-bond donors (Lipinski definition) is 0. The summed E-state index contributed by atoms with van der Waals surface area (Å²) >= 11 is 1.40. The molecule has 6 heteroatoms. The van der Waals surface area contributed by atoms with Crippen molar-refractivity contribution >= 4 is 31.6 Å². The zero-order valence-corrected chi connectivity index (χ0v) is 15.1. The van der Waals surface area contributed by atoms with E-state index in [-0.39, 0.29) is 4.90 Å². The van der Waals surface area contributed by atoms with Crippen molar-refractivity contribution in [2.45, 2.75) is 25.7 Å². The van der Waals surface area contributed by atoms with Gasteiger partial charge in [-0.3, -0.25) is 0 Å². The summed E-state index contributed by atoms with van der Waals surface area (Å²) in [5, 5.41) is 0. The quantitative estimate of drug-likeness (QED) is 0.713. The second kappa shape index (κ2) is 5.62. The lowest BCUT2D eigenvalue weighted by Gasteiger charge is -2.01. The van der Waals surface area contributed by atoms with Crippen LogP contribution in [0.5, 0.6) is 0 Å². The van der Waals surface area contributed by atoms with E-state index in [0.29, 0.717) is 4.80 Å². The highest BCUT2D eigenvalue weighted by molar-refractivity contribution is 7.90. The molecule has 0 unspecified atom stereocenters. The summed E-state index contributed by atoms with van der Waals surface area (Å²) in [7, 11) is -1.86. The van der Waals surface area contributed by atoms with Gasteiger partial charge in [0.15, 0.2) is 0 Å². The fourth-order valence-electron chi connectivity index (χ4n) is 2.52. The number of thiazole rings is 1. The Bertz CT molecular complexity index is 1060. The zero-order valence-electron chi connectivity index (χ0n) is 13.5. The molecule has 1 heterocycles. The molecule has 4 nitrogen and oxygen atoms in total. The fourth-order valence-corrected chi connectivity index (χ4v) is 4.82. The molecule has 0 atom stereocenters. The molecule has 3 rings (SSSR count). The first-order chi connectivity index (χ1) is 10.8.